The van der Waals surface area contributed by atoms with E-state index in [1.165, 1.54) is 6.08 Å². The molecule has 130 valence electrons. The van der Waals surface area contributed by atoms with Gasteiger partial charge in [-0.25, -0.2) is 5.48 Å². The van der Waals surface area contributed by atoms with Crippen LogP contribution in [-0.2, 0) is 10.2 Å². The lowest BCUT2D eigenvalue weighted by Gasteiger charge is -2.31. The van der Waals surface area contributed by atoms with Crippen molar-refractivity contribution in [3.05, 3.63) is 71.6 Å². The molecular formula is C20H23N3O2. The lowest BCUT2D eigenvalue weighted by atomic mass is 9.71. The maximum Gasteiger partial charge on any atom is 0.267 e. The minimum atomic E-state index is -0.575. The van der Waals surface area contributed by atoms with Gasteiger partial charge >= 0.3 is 0 Å². The van der Waals surface area contributed by atoms with E-state index in [0.29, 0.717) is 12.1 Å². The number of rotatable bonds is 7. The van der Waals surface area contributed by atoms with Crippen LogP contribution in [0.1, 0.15) is 43.4 Å². The van der Waals surface area contributed by atoms with Crippen LogP contribution in [0.5, 0.6) is 0 Å². The van der Waals surface area contributed by atoms with E-state index in [1.807, 2.05) is 49.5 Å². The summed E-state index contributed by atoms with van der Waals surface area (Å²) in [4.78, 5) is 15.3. The summed E-state index contributed by atoms with van der Waals surface area (Å²) in [5.41, 5.74) is 4.48. The summed E-state index contributed by atoms with van der Waals surface area (Å²) < 4.78 is 0. The van der Waals surface area contributed by atoms with Gasteiger partial charge in [0.05, 0.1) is 5.41 Å². The summed E-state index contributed by atoms with van der Waals surface area (Å²) in [7, 11) is 0. The minimum Gasteiger partial charge on any atom is -0.308 e. The molecule has 5 heteroatoms. The van der Waals surface area contributed by atoms with Crippen molar-refractivity contribution in [1.82, 2.24) is 10.5 Å². The molecule has 25 heavy (non-hydrogen) atoms. The van der Waals surface area contributed by atoms with Crippen LogP contribution >= 0.6 is 0 Å². The summed E-state index contributed by atoms with van der Waals surface area (Å²) in [5, 5.41) is 17.1. The topological polar surface area (TPSA) is 86.1 Å². The molecule has 1 atom stereocenters. The minimum absolute atomic E-state index is 0.547. The summed E-state index contributed by atoms with van der Waals surface area (Å²) >= 11 is 0. The first kappa shape index (κ1) is 18.5. The molecule has 0 spiro atoms. The highest BCUT2D eigenvalue weighted by Gasteiger charge is 2.33. The Morgan fingerprint density at radius 2 is 2.00 bits per heavy atom. The average Bonchev–Trinajstić information content (AvgIpc) is 2.66. The quantitative estimate of drug-likeness (QED) is 0.311. The fourth-order valence-corrected chi connectivity index (χ4v) is 2.81. The standard InChI is InChI=1S/C20H23N3O2/c1-3-5-18(21)20(2,17-6-4-13-22-14-17)16-10-7-15(8-11-16)9-12-19(24)23-25/h4,6-14,21,25H,3,5H2,1-2H3,(H,23,24)/b12-9+,21-18?. The predicted molar refractivity (Wildman–Crippen MR) is 98.7 cm³/mol. The molecule has 0 aliphatic heterocycles. The van der Waals surface area contributed by atoms with Gasteiger partial charge in [0.1, 0.15) is 0 Å². The number of amides is 1. The number of pyridine rings is 1. The van der Waals surface area contributed by atoms with Crippen molar-refractivity contribution in [3.63, 3.8) is 0 Å². The molecule has 1 aromatic carbocycles. The van der Waals surface area contributed by atoms with Gasteiger partial charge in [0.25, 0.3) is 5.91 Å². The number of carbonyl (C=O) groups is 1. The van der Waals surface area contributed by atoms with Crippen molar-refractivity contribution < 1.29 is 10.0 Å². The SMILES string of the molecule is CCCC(=N)C(C)(c1ccc(/C=C/C(=O)NO)cc1)c1cccnc1. The highest BCUT2D eigenvalue weighted by molar-refractivity contribution is 5.95. The number of aromatic nitrogens is 1. The average molecular weight is 337 g/mol. The number of hydrogen-bond acceptors (Lipinski definition) is 4. The van der Waals surface area contributed by atoms with E-state index in [-0.39, 0.29) is 0 Å². The van der Waals surface area contributed by atoms with E-state index in [2.05, 4.69) is 11.9 Å². The van der Waals surface area contributed by atoms with Gasteiger partial charge in [0.15, 0.2) is 0 Å². The summed E-state index contributed by atoms with van der Waals surface area (Å²) in [6.07, 6.45) is 8.04. The zero-order chi connectivity index (χ0) is 18.3. The Balaban J connectivity index is 2.40. The largest absolute Gasteiger partial charge is 0.308 e. The van der Waals surface area contributed by atoms with Crippen LogP contribution in [0.25, 0.3) is 6.08 Å². The van der Waals surface area contributed by atoms with Crippen molar-refractivity contribution in [3.8, 4) is 0 Å². The van der Waals surface area contributed by atoms with Crippen molar-refractivity contribution >= 4 is 17.7 Å². The van der Waals surface area contributed by atoms with Crippen LogP contribution in [0, 0.1) is 5.41 Å². The third-order valence-electron chi connectivity index (χ3n) is 4.37. The van der Waals surface area contributed by atoms with Crippen molar-refractivity contribution in [1.29, 1.82) is 5.41 Å². The summed E-state index contributed by atoms with van der Waals surface area (Å²) in [5.74, 6) is -0.575. The van der Waals surface area contributed by atoms with Gasteiger partial charge in [0.2, 0.25) is 0 Å². The van der Waals surface area contributed by atoms with E-state index < -0.39 is 11.3 Å². The van der Waals surface area contributed by atoms with Crippen LogP contribution in [0.15, 0.2) is 54.9 Å². The fraction of sp³-hybridized carbons (Fsp3) is 0.250. The van der Waals surface area contributed by atoms with Crippen LogP contribution in [0.3, 0.4) is 0 Å². The Labute approximate surface area is 147 Å². The van der Waals surface area contributed by atoms with E-state index >= 15 is 0 Å². The van der Waals surface area contributed by atoms with Gasteiger partial charge in [-0.1, -0.05) is 43.7 Å². The van der Waals surface area contributed by atoms with Crippen LogP contribution in [0.4, 0.5) is 0 Å². The number of nitrogens with zero attached hydrogens (tertiary/aromatic N) is 1. The van der Waals surface area contributed by atoms with Crippen LogP contribution < -0.4 is 5.48 Å². The molecule has 1 heterocycles. The van der Waals surface area contributed by atoms with Crippen molar-refractivity contribution in [2.45, 2.75) is 32.1 Å². The zero-order valence-electron chi connectivity index (χ0n) is 14.5. The molecule has 0 fully saturated rings. The molecule has 0 radical (unpaired) electrons. The van der Waals surface area contributed by atoms with Crippen molar-refractivity contribution in [2.75, 3.05) is 0 Å². The van der Waals surface area contributed by atoms with E-state index in [4.69, 9.17) is 10.6 Å². The van der Waals surface area contributed by atoms with Crippen LogP contribution in [-0.4, -0.2) is 21.8 Å². The Morgan fingerprint density at radius 3 is 2.56 bits per heavy atom. The van der Waals surface area contributed by atoms with Gasteiger partial charge < -0.3 is 5.41 Å². The van der Waals surface area contributed by atoms with E-state index in [0.717, 1.165) is 23.1 Å². The van der Waals surface area contributed by atoms with E-state index in [9.17, 15) is 4.79 Å². The van der Waals surface area contributed by atoms with E-state index in [1.54, 1.807) is 17.8 Å². The smallest absolute Gasteiger partial charge is 0.267 e. The maximum atomic E-state index is 11.1. The molecule has 2 rings (SSSR count). The van der Waals surface area contributed by atoms with Crippen LogP contribution in [0.2, 0.25) is 0 Å². The highest BCUT2D eigenvalue weighted by Crippen LogP contribution is 2.34. The van der Waals surface area contributed by atoms with Gasteiger partial charge in [0, 0.05) is 24.2 Å². The Hall–Kier alpha value is -2.79. The normalized spacial score (nSPS) is 13.4. The first-order valence-corrected chi connectivity index (χ1v) is 8.23. The monoisotopic (exact) mass is 337 g/mol. The molecule has 0 aliphatic rings. The van der Waals surface area contributed by atoms with Crippen molar-refractivity contribution in [2.24, 2.45) is 0 Å². The Bertz CT molecular complexity index is 754. The molecule has 1 unspecified atom stereocenters. The van der Waals surface area contributed by atoms with Gasteiger partial charge in [-0.2, -0.15) is 0 Å². The molecule has 0 saturated heterocycles. The number of nitrogens with one attached hydrogen (secondary N) is 2. The number of benzene rings is 1. The number of hydroxylamine groups is 1. The first-order chi connectivity index (χ1) is 12.0. The third kappa shape index (κ3) is 4.19. The predicted octanol–water partition coefficient (Wildman–Crippen LogP) is 3.73. The second-order valence-corrected chi connectivity index (χ2v) is 6.03. The number of hydrogen-bond donors (Lipinski definition) is 3. The molecular weight excluding hydrogens is 314 g/mol. The second kappa shape index (κ2) is 8.35. The zero-order valence-corrected chi connectivity index (χ0v) is 14.5. The fourth-order valence-electron chi connectivity index (χ4n) is 2.81. The number of carbonyl (C=O) groups excluding carboxylic acids is 1. The maximum absolute atomic E-state index is 11.1. The second-order valence-electron chi connectivity index (χ2n) is 6.03. The molecule has 1 amide bonds. The third-order valence-corrected chi connectivity index (χ3v) is 4.37. The van der Waals surface area contributed by atoms with Gasteiger partial charge in [-0.05, 0) is 42.2 Å². The lowest BCUT2D eigenvalue weighted by Crippen LogP contribution is -2.33. The summed E-state index contributed by atoms with van der Waals surface area (Å²) in [6, 6.07) is 11.6. The molecule has 0 bridgehead atoms. The Kier molecular flexibility index (Phi) is 6.19. The molecule has 3 N–H and O–H groups in total. The first-order valence-electron chi connectivity index (χ1n) is 8.23. The van der Waals surface area contributed by atoms with Gasteiger partial charge in [-0.3, -0.25) is 15.0 Å². The molecule has 0 saturated carbocycles. The summed E-state index contributed by atoms with van der Waals surface area (Å²) in [6.45, 7) is 4.12. The Morgan fingerprint density at radius 1 is 1.28 bits per heavy atom. The molecule has 2 aromatic rings. The highest BCUT2D eigenvalue weighted by atomic mass is 16.5. The van der Waals surface area contributed by atoms with Gasteiger partial charge in [-0.15, -0.1) is 0 Å². The molecule has 1 aromatic heterocycles. The molecule has 0 aliphatic carbocycles. The lowest BCUT2D eigenvalue weighted by molar-refractivity contribution is -0.124. The molecule has 5 nitrogen and oxygen atoms in total.